The molecule has 0 aliphatic heterocycles. The Kier molecular flexibility index (Phi) is 4.46. The van der Waals surface area contributed by atoms with Crippen LogP contribution < -0.4 is 14.8 Å². The highest BCUT2D eigenvalue weighted by Gasteiger charge is 2.15. The van der Waals surface area contributed by atoms with E-state index in [2.05, 4.69) is 42.2 Å². The lowest BCUT2D eigenvalue weighted by molar-refractivity contribution is 0.355. The van der Waals surface area contributed by atoms with Crippen LogP contribution in [0, 0.1) is 0 Å². The molecule has 0 aliphatic carbocycles. The highest BCUT2D eigenvalue weighted by atomic mass is 79.9. The summed E-state index contributed by atoms with van der Waals surface area (Å²) < 4.78 is 14.6. The average Bonchev–Trinajstić information content (AvgIpc) is 3.14. The van der Waals surface area contributed by atoms with Crippen LogP contribution in [0.4, 0.5) is 11.5 Å². The second kappa shape index (κ2) is 6.77. The van der Waals surface area contributed by atoms with Crippen LogP contribution in [0.15, 0.2) is 51.8 Å². The molecule has 0 saturated carbocycles. The van der Waals surface area contributed by atoms with Crippen molar-refractivity contribution in [1.82, 2.24) is 14.4 Å². The largest absolute Gasteiger partial charge is 0.493 e. The quantitative estimate of drug-likeness (QED) is 0.439. The van der Waals surface area contributed by atoms with Crippen molar-refractivity contribution in [2.24, 2.45) is 0 Å². The molecule has 0 bridgehead atoms. The van der Waals surface area contributed by atoms with E-state index in [0.717, 1.165) is 31.2 Å². The lowest BCUT2D eigenvalue weighted by atomic mass is 10.2. The molecule has 6 nitrogen and oxygen atoms in total. The van der Waals surface area contributed by atoms with E-state index >= 15 is 0 Å². The van der Waals surface area contributed by atoms with Crippen molar-refractivity contribution in [2.45, 2.75) is 0 Å². The Balaban J connectivity index is 1.96. The molecule has 0 amide bonds. The fourth-order valence-electron chi connectivity index (χ4n) is 2.81. The molecule has 0 fully saturated rings. The molecule has 8 heteroatoms. The summed E-state index contributed by atoms with van der Waals surface area (Å²) in [5.74, 6) is 1.96. The van der Waals surface area contributed by atoms with Crippen LogP contribution in [-0.4, -0.2) is 28.6 Å². The minimum atomic E-state index is 0.625. The van der Waals surface area contributed by atoms with E-state index in [0.29, 0.717) is 17.3 Å². The number of nitrogens with zero attached hydrogens (tertiary/aromatic N) is 3. The van der Waals surface area contributed by atoms with Gasteiger partial charge in [0, 0.05) is 21.1 Å². The van der Waals surface area contributed by atoms with Gasteiger partial charge in [0.05, 0.1) is 43.5 Å². The lowest BCUT2D eigenvalue weighted by Gasteiger charge is -2.14. The van der Waals surface area contributed by atoms with Gasteiger partial charge >= 0.3 is 0 Å². The number of rotatable bonds is 4. The van der Waals surface area contributed by atoms with Gasteiger partial charge in [-0.3, -0.25) is 4.40 Å². The van der Waals surface area contributed by atoms with Crippen molar-refractivity contribution in [1.29, 1.82) is 0 Å². The van der Waals surface area contributed by atoms with Gasteiger partial charge in [0.25, 0.3) is 0 Å². The molecule has 0 spiro atoms. The molecular formula is C18H14Br2N4O2. The van der Waals surface area contributed by atoms with E-state index in [1.54, 1.807) is 26.7 Å². The Bertz CT molecular complexity index is 1110. The van der Waals surface area contributed by atoms with E-state index < -0.39 is 0 Å². The molecule has 4 rings (SSSR count). The molecule has 2 aromatic heterocycles. The third-order valence-corrected chi connectivity index (χ3v) is 5.38. The monoisotopic (exact) mass is 476 g/mol. The molecule has 132 valence electrons. The zero-order valence-electron chi connectivity index (χ0n) is 14.0. The van der Waals surface area contributed by atoms with Crippen LogP contribution in [0.2, 0.25) is 0 Å². The number of fused-ring (bicyclic) bond motifs is 3. The number of imidazole rings is 1. The number of methoxy groups -OCH3 is 2. The maximum Gasteiger partial charge on any atom is 0.163 e. The third kappa shape index (κ3) is 2.79. The summed E-state index contributed by atoms with van der Waals surface area (Å²) in [6.45, 7) is 0. The van der Waals surface area contributed by atoms with Gasteiger partial charge in [-0.15, -0.1) is 0 Å². The Morgan fingerprint density at radius 1 is 1.00 bits per heavy atom. The number of para-hydroxylation sites is 1. The molecule has 2 heterocycles. The summed E-state index contributed by atoms with van der Waals surface area (Å²) in [4.78, 5) is 9.07. The van der Waals surface area contributed by atoms with E-state index in [1.165, 1.54) is 0 Å². The predicted octanol–water partition coefficient (Wildman–Crippen LogP) is 5.17. The summed E-state index contributed by atoms with van der Waals surface area (Å²) in [5.41, 5.74) is 3.39. The maximum atomic E-state index is 5.41. The highest BCUT2D eigenvalue weighted by molar-refractivity contribution is 9.11. The highest BCUT2D eigenvalue weighted by Crippen LogP contribution is 2.36. The van der Waals surface area contributed by atoms with Gasteiger partial charge in [0.15, 0.2) is 17.3 Å². The SMILES string of the molecule is COc1cc2nc(Nc3c(Br)cccc3Br)c3cncn3c2cc1OC. The molecule has 0 atom stereocenters. The van der Waals surface area contributed by atoms with Gasteiger partial charge in [-0.05, 0) is 44.0 Å². The first kappa shape index (κ1) is 17.1. The van der Waals surface area contributed by atoms with E-state index in [-0.39, 0.29) is 0 Å². The number of aromatic nitrogens is 3. The fraction of sp³-hybridized carbons (Fsp3) is 0.111. The topological polar surface area (TPSA) is 60.7 Å². The number of hydrogen-bond acceptors (Lipinski definition) is 5. The zero-order valence-corrected chi connectivity index (χ0v) is 17.1. The zero-order chi connectivity index (χ0) is 18.3. The van der Waals surface area contributed by atoms with Crippen molar-refractivity contribution in [2.75, 3.05) is 19.5 Å². The van der Waals surface area contributed by atoms with Crippen molar-refractivity contribution < 1.29 is 9.47 Å². The molecule has 0 unspecified atom stereocenters. The normalized spacial score (nSPS) is 11.1. The molecule has 0 radical (unpaired) electrons. The van der Waals surface area contributed by atoms with Crippen molar-refractivity contribution in [3.63, 3.8) is 0 Å². The Morgan fingerprint density at radius 2 is 1.69 bits per heavy atom. The van der Waals surface area contributed by atoms with Crippen LogP contribution in [0.25, 0.3) is 16.6 Å². The van der Waals surface area contributed by atoms with Crippen molar-refractivity contribution in [3.8, 4) is 11.5 Å². The van der Waals surface area contributed by atoms with Gasteiger partial charge in [-0.25, -0.2) is 9.97 Å². The van der Waals surface area contributed by atoms with Gasteiger partial charge in [-0.1, -0.05) is 6.07 Å². The molecule has 0 saturated heterocycles. The van der Waals surface area contributed by atoms with Gasteiger partial charge < -0.3 is 14.8 Å². The number of ether oxygens (including phenoxy) is 2. The Hall–Kier alpha value is -2.32. The molecule has 0 aliphatic rings. The second-order valence-electron chi connectivity index (χ2n) is 5.53. The Morgan fingerprint density at radius 3 is 2.38 bits per heavy atom. The molecule has 26 heavy (non-hydrogen) atoms. The first-order valence-electron chi connectivity index (χ1n) is 7.71. The number of benzene rings is 2. The van der Waals surface area contributed by atoms with Crippen LogP contribution in [0.5, 0.6) is 11.5 Å². The van der Waals surface area contributed by atoms with Crippen molar-refractivity contribution >= 4 is 59.9 Å². The van der Waals surface area contributed by atoms with Crippen molar-refractivity contribution in [3.05, 3.63) is 51.8 Å². The smallest absolute Gasteiger partial charge is 0.163 e. The summed E-state index contributed by atoms with van der Waals surface area (Å²) in [6, 6.07) is 9.64. The molecule has 1 N–H and O–H groups in total. The summed E-state index contributed by atoms with van der Waals surface area (Å²) in [5, 5.41) is 3.39. The lowest BCUT2D eigenvalue weighted by Crippen LogP contribution is -2.01. The van der Waals surface area contributed by atoms with Gasteiger partial charge in [-0.2, -0.15) is 0 Å². The Labute approximate surface area is 166 Å². The van der Waals surface area contributed by atoms with Crippen LogP contribution >= 0.6 is 31.9 Å². The van der Waals surface area contributed by atoms with Crippen LogP contribution in [-0.2, 0) is 0 Å². The first-order chi connectivity index (χ1) is 12.6. The summed E-state index contributed by atoms with van der Waals surface area (Å²) in [6.07, 6.45) is 3.53. The standard InChI is InChI=1S/C18H14Br2N4O2/c1-25-15-6-12-13(7-16(15)26-2)24-9-21-8-14(24)18(22-12)23-17-10(19)4-3-5-11(17)20/h3-9H,1-2H3,(H,22,23). The van der Waals surface area contributed by atoms with E-state index in [1.807, 2.05) is 34.7 Å². The fourth-order valence-corrected chi connectivity index (χ4v) is 4.00. The van der Waals surface area contributed by atoms with E-state index in [9.17, 15) is 0 Å². The third-order valence-electron chi connectivity index (χ3n) is 4.06. The first-order valence-corrected chi connectivity index (χ1v) is 9.30. The second-order valence-corrected chi connectivity index (χ2v) is 7.24. The number of hydrogen-bond donors (Lipinski definition) is 1. The van der Waals surface area contributed by atoms with Gasteiger partial charge in [0.1, 0.15) is 5.52 Å². The maximum absolute atomic E-state index is 5.41. The summed E-state index contributed by atoms with van der Waals surface area (Å²) >= 11 is 7.14. The van der Waals surface area contributed by atoms with Crippen LogP contribution in [0.1, 0.15) is 0 Å². The van der Waals surface area contributed by atoms with E-state index in [4.69, 9.17) is 14.5 Å². The molecule has 2 aromatic carbocycles. The minimum absolute atomic E-state index is 0.625. The minimum Gasteiger partial charge on any atom is -0.493 e. The predicted molar refractivity (Wildman–Crippen MR) is 109 cm³/mol. The number of halogens is 2. The van der Waals surface area contributed by atoms with Gasteiger partial charge in [0.2, 0.25) is 0 Å². The van der Waals surface area contributed by atoms with Crippen LogP contribution in [0.3, 0.4) is 0 Å². The number of anilines is 2. The molecular weight excluding hydrogens is 464 g/mol. The molecule has 4 aromatic rings. The number of nitrogens with one attached hydrogen (secondary N) is 1. The summed E-state index contributed by atoms with van der Waals surface area (Å²) in [7, 11) is 3.22. The average molecular weight is 478 g/mol.